The third-order valence-electron chi connectivity index (χ3n) is 6.11. The van der Waals surface area contributed by atoms with E-state index in [1.54, 1.807) is 12.1 Å². The summed E-state index contributed by atoms with van der Waals surface area (Å²) in [4.78, 5) is 14.6. The van der Waals surface area contributed by atoms with Crippen molar-refractivity contribution in [3.8, 4) is 11.5 Å². The van der Waals surface area contributed by atoms with Crippen LogP contribution in [0.3, 0.4) is 0 Å². The molecule has 4 unspecified atom stereocenters. The Bertz CT molecular complexity index is 743. The van der Waals surface area contributed by atoms with Crippen molar-refractivity contribution in [2.45, 2.75) is 43.4 Å². The number of phenols is 1. The van der Waals surface area contributed by atoms with Crippen molar-refractivity contribution in [1.29, 1.82) is 0 Å². The molecular formula is C18H21NO4. The van der Waals surface area contributed by atoms with E-state index in [2.05, 4.69) is 4.90 Å². The minimum atomic E-state index is -1.22. The molecule has 1 aromatic carbocycles. The second kappa shape index (κ2) is 4.36. The molecule has 0 saturated carbocycles. The molecule has 1 aliphatic carbocycles. The van der Waals surface area contributed by atoms with E-state index < -0.39 is 17.1 Å². The molecule has 1 saturated heterocycles. The number of nitrogens with zero attached hydrogens (tertiary/aromatic N) is 1. The number of carbonyl (C=O) groups is 1. The van der Waals surface area contributed by atoms with E-state index >= 15 is 0 Å². The van der Waals surface area contributed by atoms with Gasteiger partial charge in [0.2, 0.25) is 0 Å². The quantitative estimate of drug-likeness (QED) is 0.755. The van der Waals surface area contributed by atoms with Gasteiger partial charge < -0.3 is 19.8 Å². The van der Waals surface area contributed by atoms with Crippen molar-refractivity contribution >= 4 is 5.78 Å². The van der Waals surface area contributed by atoms with Gasteiger partial charge in [0.15, 0.2) is 23.4 Å². The highest BCUT2D eigenvalue weighted by molar-refractivity contribution is 5.98. The van der Waals surface area contributed by atoms with Crippen molar-refractivity contribution in [3.63, 3.8) is 0 Å². The van der Waals surface area contributed by atoms with Gasteiger partial charge in [-0.05, 0) is 57.6 Å². The molecule has 0 bridgehead atoms. The number of fused-ring (bicyclic) bond motifs is 1. The van der Waals surface area contributed by atoms with Gasteiger partial charge in [0.25, 0.3) is 0 Å². The number of ether oxygens (including phenoxy) is 1. The van der Waals surface area contributed by atoms with Gasteiger partial charge in [0.1, 0.15) is 5.60 Å². The lowest BCUT2D eigenvalue weighted by Crippen LogP contribution is -2.71. The lowest BCUT2D eigenvalue weighted by atomic mass is 9.55. The second-order valence-electron chi connectivity index (χ2n) is 7.04. The van der Waals surface area contributed by atoms with Crippen LogP contribution in [-0.4, -0.2) is 52.2 Å². The van der Waals surface area contributed by atoms with E-state index in [4.69, 9.17) is 4.74 Å². The highest BCUT2D eigenvalue weighted by Crippen LogP contribution is 2.60. The van der Waals surface area contributed by atoms with Crippen molar-refractivity contribution in [2.75, 3.05) is 13.6 Å². The first kappa shape index (κ1) is 14.7. The fraction of sp³-hybridized carbons (Fsp3) is 0.500. The Labute approximate surface area is 135 Å². The van der Waals surface area contributed by atoms with Crippen LogP contribution in [0.1, 0.15) is 24.5 Å². The number of rotatable bonds is 0. The molecule has 2 N–H and O–H groups in total. The fourth-order valence-electron chi connectivity index (χ4n) is 4.70. The molecule has 122 valence electrons. The first-order valence-corrected chi connectivity index (χ1v) is 7.98. The molecule has 4 atom stereocenters. The standard InChI is InChI=1S/C18H21NO4/c1-10-4-5-12(20)15-14(10)17-8-9-19(3)11(2)18(17,22)7-6-13(21)16(17)23-15/h4-7,11,16,20,22H,8-9H2,1-3H3. The lowest BCUT2D eigenvalue weighted by molar-refractivity contribution is -0.146. The fourth-order valence-corrected chi connectivity index (χ4v) is 4.70. The number of phenolic OH excluding ortho intramolecular Hbond substituents is 1. The van der Waals surface area contributed by atoms with Crippen LogP contribution in [0.2, 0.25) is 0 Å². The number of likely N-dealkylation sites (N-methyl/N-ethyl adjacent to an activating group) is 1. The van der Waals surface area contributed by atoms with Crippen LogP contribution in [0.5, 0.6) is 11.5 Å². The minimum absolute atomic E-state index is 0.0242. The number of benzene rings is 1. The summed E-state index contributed by atoms with van der Waals surface area (Å²) in [6.07, 6.45) is 2.88. The Balaban J connectivity index is 2.06. The summed E-state index contributed by atoms with van der Waals surface area (Å²) in [5.41, 5.74) is -0.355. The Kier molecular flexibility index (Phi) is 2.79. The number of aliphatic hydroxyl groups is 1. The SMILES string of the molecule is Cc1ccc(O)c2c1C13CCN(C)C(C)C1(O)C=CC(=O)C3O2. The summed E-state index contributed by atoms with van der Waals surface area (Å²) in [5.74, 6) is 0.222. The Morgan fingerprint density at radius 3 is 2.87 bits per heavy atom. The summed E-state index contributed by atoms with van der Waals surface area (Å²) in [6, 6.07) is 3.23. The average molecular weight is 315 g/mol. The number of aryl methyl sites for hydroxylation is 1. The zero-order chi connectivity index (χ0) is 16.6. The number of aromatic hydroxyl groups is 1. The smallest absolute Gasteiger partial charge is 0.196 e. The largest absolute Gasteiger partial charge is 0.504 e. The zero-order valence-corrected chi connectivity index (χ0v) is 13.5. The van der Waals surface area contributed by atoms with Crippen LogP contribution >= 0.6 is 0 Å². The molecule has 1 aromatic rings. The second-order valence-corrected chi connectivity index (χ2v) is 7.04. The number of carbonyl (C=O) groups excluding carboxylic acids is 1. The molecule has 0 aromatic heterocycles. The number of hydrogen-bond acceptors (Lipinski definition) is 5. The monoisotopic (exact) mass is 315 g/mol. The van der Waals surface area contributed by atoms with Crippen LogP contribution in [0.15, 0.2) is 24.3 Å². The first-order chi connectivity index (χ1) is 10.8. The van der Waals surface area contributed by atoms with Crippen molar-refractivity contribution < 1.29 is 19.7 Å². The van der Waals surface area contributed by atoms with E-state index in [1.807, 2.05) is 27.0 Å². The van der Waals surface area contributed by atoms with E-state index in [0.717, 1.165) is 17.7 Å². The van der Waals surface area contributed by atoms with Crippen molar-refractivity contribution in [3.05, 3.63) is 35.4 Å². The number of hydrogen-bond donors (Lipinski definition) is 2. The van der Waals surface area contributed by atoms with Crippen LogP contribution in [-0.2, 0) is 10.2 Å². The summed E-state index contributed by atoms with van der Waals surface area (Å²) in [7, 11) is 1.97. The molecular weight excluding hydrogens is 294 g/mol. The molecule has 0 amide bonds. The summed E-state index contributed by atoms with van der Waals surface area (Å²) in [5, 5.41) is 21.9. The highest BCUT2D eigenvalue weighted by Gasteiger charge is 2.68. The van der Waals surface area contributed by atoms with Crippen LogP contribution < -0.4 is 4.74 Å². The molecule has 5 nitrogen and oxygen atoms in total. The number of likely N-dealkylation sites (tertiary alicyclic amines) is 1. The molecule has 23 heavy (non-hydrogen) atoms. The topological polar surface area (TPSA) is 70.0 Å². The molecule has 2 heterocycles. The van der Waals surface area contributed by atoms with Crippen LogP contribution in [0.4, 0.5) is 0 Å². The van der Waals surface area contributed by atoms with Crippen LogP contribution in [0.25, 0.3) is 0 Å². The van der Waals surface area contributed by atoms with E-state index in [9.17, 15) is 15.0 Å². The summed E-state index contributed by atoms with van der Waals surface area (Å²) >= 11 is 0. The van der Waals surface area contributed by atoms with Gasteiger partial charge in [0, 0.05) is 11.6 Å². The predicted octanol–water partition coefficient (Wildman–Crippen LogP) is 1.29. The van der Waals surface area contributed by atoms with Gasteiger partial charge in [-0.25, -0.2) is 0 Å². The molecule has 0 radical (unpaired) electrons. The van der Waals surface area contributed by atoms with E-state index in [0.29, 0.717) is 12.2 Å². The Morgan fingerprint density at radius 2 is 2.13 bits per heavy atom. The van der Waals surface area contributed by atoms with E-state index in [1.165, 1.54) is 6.08 Å². The zero-order valence-electron chi connectivity index (χ0n) is 13.5. The molecule has 5 heteroatoms. The van der Waals surface area contributed by atoms with Gasteiger partial charge in [-0.3, -0.25) is 4.79 Å². The first-order valence-electron chi connectivity index (χ1n) is 7.98. The van der Waals surface area contributed by atoms with Crippen LogP contribution in [0, 0.1) is 6.92 Å². The summed E-state index contributed by atoms with van der Waals surface area (Å²) in [6.45, 7) is 4.65. The highest BCUT2D eigenvalue weighted by atomic mass is 16.5. The molecule has 2 aliphatic heterocycles. The van der Waals surface area contributed by atoms with Gasteiger partial charge in [0.05, 0.1) is 5.41 Å². The Hall–Kier alpha value is -1.85. The maximum atomic E-state index is 12.5. The third kappa shape index (κ3) is 1.52. The Morgan fingerprint density at radius 1 is 1.39 bits per heavy atom. The average Bonchev–Trinajstić information content (AvgIpc) is 2.89. The molecule has 4 rings (SSSR count). The molecule has 1 spiro atoms. The number of ketones is 1. The molecule has 1 fully saturated rings. The van der Waals surface area contributed by atoms with Crippen molar-refractivity contribution in [2.24, 2.45) is 0 Å². The number of piperidine rings is 1. The van der Waals surface area contributed by atoms with Gasteiger partial charge in [-0.2, -0.15) is 0 Å². The van der Waals surface area contributed by atoms with Gasteiger partial charge in [-0.15, -0.1) is 0 Å². The summed E-state index contributed by atoms with van der Waals surface area (Å²) < 4.78 is 5.91. The van der Waals surface area contributed by atoms with Gasteiger partial charge >= 0.3 is 0 Å². The van der Waals surface area contributed by atoms with Crippen molar-refractivity contribution in [1.82, 2.24) is 4.90 Å². The molecule has 3 aliphatic rings. The van der Waals surface area contributed by atoms with Gasteiger partial charge in [-0.1, -0.05) is 6.07 Å². The van der Waals surface area contributed by atoms with E-state index in [-0.39, 0.29) is 17.6 Å². The minimum Gasteiger partial charge on any atom is -0.504 e. The maximum Gasteiger partial charge on any atom is 0.196 e. The normalized spacial score (nSPS) is 38.7. The predicted molar refractivity (Wildman–Crippen MR) is 84.7 cm³/mol. The maximum absolute atomic E-state index is 12.5. The third-order valence-corrected chi connectivity index (χ3v) is 6.11. The lowest BCUT2D eigenvalue weighted by Gasteiger charge is -2.56.